The molecule has 1 amide bonds. The summed E-state index contributed by atoms with van der Waals surface area (Å²) in [6.45, 7) is 0. The van der Waals surface area contributed by atoms with Crippen molar-refractivity contribution >= 4 is 60.7 Å². The van der Waals surface area contributed by atoms with Crippen molar-refractivity contribution in [1.82, 2.24) is 5.32 Å². The minimum absolute atomic E-state index is 0.0334. The number of alkyl halides is 1. The maximum atomic E-state index is 11.9. The van der Waals surface area contributed by atoms with Crippen molar-refractivity contribution in [3.63, 3.8) is 0 Å². The summed E-state index contributed by atoms with van der Waals surface area (Å²) in [5.74, 6) is -0.0334. The molecule has 0 bridgehead atoms. The average molecular weight is 388 g/mol. The number of halogens is 3. The van der Waals surface area contributed by atoms with Crippen molar-refractivity contribution in [1.29, 1.82) is 0 Å². The van der Waals surface area contributed by atoms with Gasteiger partial charge in [-0.3, -0.25) is 4.79 Å². The molecule has 1 N–H and O–H groups in total. The molecule has 1 aliphatic carbocycles. The van der Waals surface area contributed by atoms with Gasteiger partial charge in [0.05, 0.1) is 14.0 Å². The zero-order chi connectivity index (χ0) is 11.7. The quantitative estimate of drug-likeness (QED) is 0.759. The Bertz CT molecular complexity index is 390. The number of amides is 1. The third kappa shape index (κ3) is 2.81. The molecule has 2 rings (SSSR count). The number of thiophene rings is 1. The summed E-state index contributed by atoms with van der Waals surface area (Å²) in [6.07, 6.45) is 3.06. The Labute approximate surface area is 120 Å². The van der Waals surface area contributed by atoms with Gasteiger partial charge < -0.3 is 5.32 Å². The van der Waals surface area contributed by atoms with E-state index in [1.165, 1.54) is 11.3 Å². The summed E-state index contributed by atoms with van der Waals surface area (Å²) in [5.41, 5.74) is 0. The average Bonchev–Trinajstić information content (AvgIpc) is 2.76. The number of carbonyl (C=O) groups excluding carboxylic acids is 1. The second kappa shape index (κ2) is 5.38. The van der Waals surface area contributed by atoms with Crippen molar-refractivity contribution in [2.45, 2.75) is 30.7 Å². The highest BCUT2D eigenvalue weighted by molar-refractivity contribution is 9.13. The molecule has 2 nitrogen and oxygen atoms in total. The Morgan fingerprint density at radius 2 is 2.25 bits per heavy atom. The molecule has 0 saturated heterocycles. The molecule has 1 aromatic heterocycles. The van der Waals surface area contributed by atoms with Gasteiger partial charge in [0.1, 0.15) is 0 Å². The van der Waals surface area contributed by atoms with E-state index < -0.39 is 0 Å². The first-order valence-electron chi connectivity index (χ1n) is 4.97. The minimum Gasteiger partial charge on any atom is -0.347 e. The smallest absolute Gasteiger partial charge is 0.261 e. The summed E-state index contributed by atoms with van der Waals surface area (Å²) in [6, 6.07) is 1.94. The highest BCUT2D eigenvalue weighted by Crippen LogP contribution is 2.32. The first-order valence-corrected chi connectivity index (χ1v) is 7.81. The minimum atomic E-state index is -0.0334. The Balaban J connectivity index is 2.02. The molecule has 2 atom stereocenters. The van der Waals surface area contributed by atoms with Gasteiger partial charge in [0.2, 0.25) is 0 Å². The standard InChI is InChI=1S/C10H10Br2ClNOS/c11-5-4-8(16-9(5)12)10(15)14-7-3-1-2-6(7)13/h4,6-7H,1-3H2,(H,14,15). The van der Waals surface area contributed by atoms with Gasteiger partial charge in [-0.05, 0) is 57.2 Å². The molecular formula is C10H10Br2ClNOS. The summed E-state index contributed by atoms with van der Waals surface area (Å²) >= 11 is 14.3. The highest BCUT2D eigenvalue weighted by Gasteiger charge is 2.27. The van der Waals surface area contributed by atoms with Gasteiger partial charge in [-0.1, -0.05) is 0 Å². The van der Waals surface area contributed by atoms with Crippen LogP contribution in [-0.4, -0.2) is 17.3 Å². The molecule has 88 valence electrons. The van der Waals surface area contributed by atoms with Crippen molar-refractivity contribution in [3.05, 3.63) is 19.2 Å². The van der Waals surface area contributed by atoms with Crippen molar-refractivity contribution < 1.29 is 4.79 Å². The fourth-order valence-electron chi connectivity index (χ4n) is 1.78. The Kier molecular flexibility index (Phi) is 4.32. The van der Waals surface area contributed by atoms with Crippen LogP contribution in [-0.2, 0) is 0 Å². The molecule has 0 aliphatic heterocycles. The number of carbonyl (C=O) groups is 1. The maximum absolute atomic E-state index is 11.9. The molecule has 0 aromatic carbocycles. The first kappa shape index (κ1) is 12.9. The van der Waals surface area contributed by atoms with Crippen LogP contribution >= 0.6 is 54.8 Å². The lowest BCUT2D eigenvalue weighted by Gasteiger charge is -2.14. The highest BCUT2D eigenvalue weighted by atomic mass is 79.9. The van der Waals surface area contributed by atoms with E-state index in [9.17, 15) is 4.79 Å². The summed E-state index contributed by atoms with van der Waals surface area (Å²) in [5, 5.41) is 3.06. The molecule has 1 heterocycles. The van der Waals surface area contributed by atoms with Gasteiger partial charge in [0.25, 0.3) is 5.91 Å². The fourth-order valence-corrected chi connectivity index (χ4v) is 4.06. The number of rotatable bonds is 2. The second-order valence-electron chi connectivity index (χ2n) is 3.76. The Morgan fingerprint density at radius 1 is 1.50 bits per heavy atom. The molecule has 1 fully saturated rings. The van der Waals surface area contributed by atoms with Crippen LogP contribution in [0.4, 0.5) is 0 Å². The first-order chi connectivity index (χ1) is 7.58. The third-order valence-corrected chi connectivity index (χ3v) is 6.39. The van der Waals surface area contributed by atoms with Crippen LogP contribution in [0.25, 0.3) is 0 Å². The van der Waals surface area contributed by atoms with E-state index >= 15 is 0 Å². The van der Waals surface area contributed by atoms with E-state index in [4.69, 9.17) is 11.6 Å². The van der Waals surface area contributed by atoms with Gasteiger partial charge >= 0.3 is 0 Å². The largest absolute Gasteiger partial charge is 0.347 e. The topological polar surface area (TPSA) is 29.1 Å². The van der Waals surface area contributed by atoms with Gasteiger partial charge in [-0.2, -0.15) is 0 Å². The molecule has 2 unspecified atom stereocenters. The van der Waals surface area contributed by atoms with E-state index in [0.29, 0.717) is 4.88 Å². The summed E-state index contributed by atoms with van der Waals surface area (Å²) in [4.78, 5) is 12.6. The predicted molar refractivity (Wildman–Crippen MR) is 74.5 cm³/mol. The van der Waals surface area contributed by atoms with Crippen LogP contribution in [0, 0.1) is 0 Å². The van der Waals surface area contributed by atoms with Crippen LogP contribution in [0.3, 0.4) is 0 Å². The van der Waals surface area contributed by atoms with Crippen LogP contribution in [0.15, 0.2) is 14.3 Å². The molecule has 1 aromatic rings. The molecule has 0 spiro atoms. The Hall–Kier alpha value is 0.420. The molecule has 6 heteroatoms. The van der Waals surface area contributed by atoms with Gasteiger partial charge in [-0.25, -0.2) is 0 Å². The monoisotopic (exact) mass is 385 g/mol. The van der Waals surface area contributed by atoms with E-state index in [2.05, 4.69) is 37.2 Å². The van der Waals surface area contributed by atoms with Crippen LogP contribution < -0.4 is 5.32 Å². The van der Waals surface area contributed by atoms with Gasteiger partial charge in [0.15, 0.2) is 0 Å². The third-order valence-electron chi connectivity index (χ3n) is 2.62. The van der Waals surface area contributed by atoms with Gasteiger partial charge in [-0.15, -0.1) is 22.9 Å². The SMILES string of the molecule is O=C(NC1CCCC1Cl)c1cc(Br)c(Br)s1. The number of hydrogen-bond donors (Lipinski definition) is 1. The van der Waals surface area contributed by atoms with Crippen molar-refractivity contribution in [2.24, 2.45) is 0 Å². The molecule has 1 aliphatic rings. The summed E-state index contributed by atoms with van der Waals surface area (Å²) in [7, 11) is 0. The number of nitrogens with one attached hydrogen (secondary N) is 1. The van der Waals surface area contributed by atoms with E-state index in [1.54, 1.807) is 0 Å². The van der Waals surface area contributed by atoms with E-state index in [0.717, 1.165) is 27.5 Å². The van der Waals surface area contributed by atoms with Gasteiger partial charge in [0, 0.05) is 10.5 Å². The lowest BCUT2D eigenvalue weighted by molar-refractivity contribution is 0.0942. The lowest BCUT2D eigenvalue weighted by atomic mass is 10.2. The predicted octanol–water partition coefficient (Wildman–Crippen LogP) is 4.16. The van der Waals surface area contributed by atoms with Crippen molar-refractivity contribution in [2.75, 3.05) is 0 Å². The number of hydrogen-bond acceptors (Lipinski definition) is 2. The fraction of sp³-hybridized carbons (Fsp3) is 0.500. The normalized spacial score (nSPS) is 24.7. The van der Waals surface area contributed by atoms with Crippen LogP contribution in [0.5, 0.6) is 0 Å². The lowest BCUT2D eigenvalue weighted by Crippen LogP contribution is -2.37. The Morgan fingerprint density at radius 3 is 2.75 bits per heavy atom. The molecular weight excluding hydrogens is 377 g/mol. The zero-order valence-electron chi connectivity index (χ0n) is 8.30. The second-order valence-corrected chi connectivity index (χ2v) is 7.54. The summed E-state index contributed by atoms with van der Waals surface area (Å²) < 4.78 is 1.85. The van der Waals surface area contributed by atoms with Crippen LogP contribution in [0.2, 0.25) is 0 Å². The molecule has 1 saturated carbocycles. The maximum Gasteiger partial charge on any atom is 0.261 e. The molecule has 16 heavy (non-hydrogen) atoms. The zero-order valence-corrected chi connectivity index (χ0v) is 13.0. The molecule has 0 radical (unpaired) electrons. The van der Waals surface area contributed by atoms with Crippen molar-refractivity contribution in [3.8, 4) is 0 Å². The van der Waals surface area contributed by atoms with Crippen LogP contribution in [0.1, 0.15) is 28.9 Å². The van der Waals surface area contributed by atoms with E-state index in [1.807, 2.05) is 6.07 Å². The van der Waals surface area contributed by atoms with E-state index in [-0.39, 0.29) is 17.3 Å².